The van der Waals surface area contributed by atoms with Gasteiger partial charge in [-0.25, -0.2) is 9.37 Å². The Morgan fingerprint density at radius 1 is 1.48 bits per heavy atom. The Morgan fingerprint density at radius 3 is 2.81 bits per heavy atom. The molecule has 1 heterocycles. The number of aromatic nitrogens is 1. The number of nitrogens with one attached hydrogen (secondary N) is 2. The first kappa shape index (κ1) is 15.5. The maximum Gasteiger partial charge on any atom is 0.269 e. The van der Waals surface area contributed by atoms with Crippen molar-refractivity contribution in [2.75, 3.05) is 16.4 Å². The predicted molar refractivity (Wildman–Crippen MR) is 84.6 cm³/mol. The number of hydrogen-bond acceptors (Lipinski definition) is 5. The summed E-state index contributed by atoms with van der Waals surface area (Å²) in [6.07, 6.45) is 0. The molecule has 4 N–H and O–H groups in total. The van der Waals surface area contributed by atoms with E-state index in [4.69, 9.17) is 17.3 Å². The molecule has 0 aliphatic carbocycles. The minimum atomic E-state index is -0.546. The van der Waals surface area contributed by atoms with Crippen LogP contribution in [0.3, 0.4) is 0 Å². The van der Waals surface area contributed by atoms with Gasteiger partial charge in [0.25, 0.3) is 5.91 Å². The normalized spacial score (nSPS) is 10.7. The Morgan fingerprint density at radius 2 is 2.19 bits per heavy atom. The maximum absolute atomic E-state index is 13.1. The summed E-state index contributed by atoms with van der Waals surface area (Å²) >= 11 is 6.82. The van der Waals surface area contributed by atoms with Gasteiger partial charge in [0.05, 0.1) is 5.02 Å². The van der Waals surface area contributed by atoms with Crippen LogP contribution >= 0.6 is 22.9 Å². The Labute approximate surface area is 130 Å². The first-order chi connectivity index (χ1) is 9.86. The van der Waals surface area contributed by atoms with E-state index < -0.39 is 11.7 Å². The zero-order valence-corrected chi connectivity index (χ0v) is 13.0. The van der Waals surface area contributed by atoms with E-state index in [9.17, 15) is 9.18 Å². The Hall–Kier alpha value is -1.86. The second-order valence-corrected chi connectivity index (χ2v) is 6.02. The van der Waals surface area contributed by atoms with Gasteiger partial charge < -0.3 is 16.4 Å². The first-order valence-electron chi connectivity index (χ1n) is 6.16. The average Bonchev–Trinajstić information content (AvgIpc) is 2.74. The lowest BCUT2D eigenvalue weighted by Crippen LogP contribution is -2.12. The standard InChI is InChI=1S/C13H14ClFN4OS/c1-6(2)17-13-19-11(16)10(21-13)12(20)18-7-3-4-9(15)8(14)5-7/h3-6H,16H2,1-2H3,(H,17,19)(H,18,20). The van der Waals surface area contributed by atoms with Crippen molar-refractivity contribution < 1.29 is 9.18 Å². The van der Waals surface area contributed by atoms with Crippen LogP contribution in [0, 0.1) is 5.82 Å². The van der Waals surface area contributed by atoms with Crippen LogP contribution in [-0.2, 0) is 0 Å². The van der Waals surface area contributed by atoms with Crippen LogP contribution in [-0.4, -0.2) is 16.9 Å². The molecule has 1 aromatic carbocycles. The van der Waals surface area contributed by atoms with E-state index in [1.54, 1.807) is 0 Å². The van der Waals surface area contributed by atoms with Crippen molar-refractivity contribution in [2.24, 2.45) is 0 Å². The van der Waals surface area contributed by atoms with Gasteiger partial charge in [-0.2, -0.15) is 0 Å². The highest BCUT2D eigenvalue weighted by Gasteiger charge is 2.17. The lowest BCUT2D eigenvalue weighted by Gasteiger charge is -2.05. The molecule has 0 fully saturated rings. The summed E-state index contributed by atoms with van der Waals surface area (Å²) in [5, 5.41) is 6.20. The maximum atomic E-state index is 13.1. The Balaban J connectivity index is 2.16. The van der Waals surface area contributed by atoms with Gasteiger partial charge >= 0.3 is 0 Å². The molecule has 0 saturated carbocycles. The predicted octanol–water partition coefficient (Wildman–Crippen LogP) is 3.59. The Kier molecular flexibility index (Phi) is 4.64. The molecule has 2 aromatic rings. The summed E-state index contributed by atoms with van der Waals surface area (Å²) in [6, 6.07) is 4.12. The van der Waals surface area contributed by atoms with Gasteiger partial charge in [-0.1, -0.05) is 22.9 Å². The van der Waals surface area contributed by atoms with Crippen LogP contribution in [0.15, 0.2) is 18.2 Å². The number of rotatable bonds is 4. The number of nitrogen functional groups attached to an aromatic ring is 1. The van der Waals surface area contributed by atoms with Gasteiger partial charge in [0, 0.05) is 11.7 Å². The van der Waals surface area contributed by atoms with Gasteiger partial charge in [-0.3, -0.25) is 4.79 Å². The number of thiazole rings is 1. The number of benzene rings is 1. The van der Waals surface area contributed by atoms with E-state index in [1.165, 1.54) is 18.2 Å². The van der Waals surface area contributed by atoms with Crippen LogP contribution < -0.4 is 16.4 Å². The average molecular weight is 329 g/mol. The van der Waals surface area contributed by atoms with Crippen molar-refractivity contribution >= 4 is 45.5 Å². The number of amides is 1. The van der Waals surface area contributed by atoms with Gasteiger partial charge in [-0.15, -0.1) is 0 Å². The van der Waals surface area contributed by atoms with Crippen molar-refractivity contribution in [1.82, 2.24) is 4.98 Å². The van der Waals surface area contributed by atoms with Crippen LogP contribution in [0.1, 0.15) is 23.5 Å². The number of anilines is 3. The van der Waals surface area contributed by atoms with Crippen LogP contribution in [0.2, 0.25) is 5.02 Å². The number of hydrogen-bond donors (Lipinski definition) is 3. The molecule has 8 heteroatoms. The lowest BCUT2D eigenvalue weighted by atomic mass is 10.3. The number of nitrogens with two attached hydrogens (primary N) is 1. The van der Waals surface area contributed by atoms with E-state index >= 15 is 0 Å². The summed E-state index contributed by atoms with van der Waals surface area (Å²) in [6.45, 7) is 3.91. The summed E-state index contributed by atoms with van der Waals surface area (Å²) in [5.41, 5.74) is 6.12. The topological polar surface area (TPSA) is 80.0 Å². The van der Waals surface area contributed by atoms with Gasteiger partial charge in [0.2, 0.25) is 0 Å². The zero-order chi connectivity index (χ0) is 15.6. The fraction of sp³-hybridized carbons (Fsp3) is 0.231. The van der Waals surface area contributed by atoms with E-state index in [2.05, 4.69) is 15.6 Å². The molecule has 0 aliphatic rings. The monoisotopic (exact) mass is 328 g/mol. The lowest BCUT2D eigenvalue weighted by molar-refractivity contribution is 0.103. The second kappa shape index (κ2) is 6.28. The van der Waals surface area contributed by atoms with E-state index in [0.717, 1.165) is 11.3 Å². The molecule has 112 valence electrons. The molecule has 0 spiro atoms. The molecule has 1 amide bonds. The van der Waals surface area contributed by atoms with Crippen LogP contribution in [0.25, 0.3) is 0 Å². The smallest absolute Gasteiger partial charge is 0.269 e. The number of carbonyl (C=O) groups is 1. The van der Waals surface area contributed by atoms with Crippen molar-refractivity contribution in [3.05, 3.63) is 33.9 Å². The molecular formula is C13H14ClFN4OS. The third kappa shape index (κ3) is 3.83. The SMILES string of the molecule is CC(C)Nc1nc(N)c(C(=O)Nc2ccc(F)c(Cl)c2)s1. The van der Waals surface area contributed by atoms with Crippen molar-refractivity contribution in [1.29, 1.82) is 0 Å². The summed E-state index contributed by atoms with van der Waals surface area (Å²) < 4.78 is 13.1. The molecular weight excluding hydrogens is 315 g/mol. The zero-order valence-electron chi connectivity index (χ0n) is 11.4. The molecule has 0 bridgehead atoms. The summed E-state index contributed by atoms with van der Waals surface area (Å²) in [7, 11) is 0. The van der Waals surface area contributed by atoms with E-state index in [1.807, 2.05) is 13.8 Å². The molecule has 0 saturated heterocycles. The highest BCUT2D eigenvalue weighted by molar-refractivity contribution is 7.18. The highest BCUT2D eigenvalue weighted by atomic mass is 35.5. The summed E-state index contributed by atoms with van der Waals surface area (Å²) in [5.74, 6) is -0.811. The third-order valence-corrected chi connectivity index (χ3v) is 3.74. The molecule has 5 nitrogen and oxygen atoms in total. The molecule has 1 aromatic heterocycles. The summed E-state index contributed by atoms with van der Waals surface area (Å²) in [4.78, 5) is 16.5. The first-order valence-corrected chi connectivity index (χ1v) is 7.35. The highest BCUT2D eigenvalue weighted by Crippen LogP contribution is 2.27. The van der Waals surface area contributed by atoms with E-state index in [-0.39, 0.29) is 16.9 Å². The molecule has 0 aliphatic heterocycles. The molecule has 0 unspecified atom stereocenters. The van der Waals surface area contributed by atoms with Crippen LogP contribution in [0.4, 0.5) is 21.0 Å². The minimum Gasteiger partial charge on any atom is -0.382 e. The fourth-order valence-electron chi connectivity index (χ4n) is 1.57. The number of carbonyl (C=O) groups excluding carboxylic acids is 1. The van der Waals surface area contributed by atoms with Crippen molar-refractivity contribution in [3.63, 3.8) is 0 Å². The van der Waals surface area contributed by atoms with Gasteiger partial charge in [0.15, 0.2) is 5.13 Å². The Bertz CT molecular complexity index is 674. The van der Waals surface area contributed by atoms with Crippen molar-refractivity contribution in [2.45, 2.75) is 19.9 Å². The largest absolute Gasteiger partial charge is 0.382 e. The second-order valence-electron chi connectivity index (χ2n) is 4.62. The number of nitrogens with zero attached hydrogens (tertiary/aromatic N) is 1. The quantitative estimate of drug-likeness (QED) is 0.801. The van der Waals surface area contributed by atoms with Crippen LogP contribution in [0.5, 0.6) is 0 Å². The molecule has 21 heavy (non-hydrogen) atoms. The van der Waals surface area contributed by atoms with Gasteiger partial charge in [0.1, 0.15) is 16.5 Å². The fourth-order valence-corrected chi connectivity index (χ4v) is 2.67. The minimum absolute atomic E-state index is 0.0627. The third-order valence-electron chi connectivity index (χ3n) is 2.45. The molecule has 2 rings (SSSR count). The number of halogens is 2. The van der Waals surface area contributed by atoms with E-state index in [0.29, 0.717) is 15.7 Å². The molecule has 0 radical (unpaired) electrons. The van der Waals surface area contributed by atoms with Crippen molar-refractivity contribution in [3.8, 4) is 0 Å². The van der Waals surface area contributed by atoms with Gasteiger partial charge in [-0.05, 0) is 32.0 Å². The molecule has 0 atom stereocenters.